The summed E-state index contributed by atoms with van der Waals surface area (Å²) in [5.41, 5.74) is 3.54. The van der Waals surface area contributed by atoms with Crippen LogP contribution < -0.4 is 10.6 Å². The molecule has 2 N–H and O–H groups in total. The fourth-order valence-corrected chi connectivity index (χ4v) is 2.69. The molecule has 124 valence electrons. The lowest BCUT2D eigenvalue weighted by Gasteiger charge is -2.27. The van der Waals surface area contributed by atoms with Crippen LogP contribution in [0.4, 0.5) is 0 Å². The molecular weight excluding hydrogens is 298 g/mol. The average molecular weight is 326 g/mol. The number of nitrogens with zero attached hydrogens (tertiary/aromatic N) is 1. The van der Waals surface area contributed by atoms with E-state index in [1.54, 1.807) is 0 Å². The number of hydrogen-bond acceptors (Lipinski definition) is 3. The van der Waals surface area contributed by atoms with Crippen LogP contribution in [-0.2, 0) is 11.2 Å². The smallest absolute Gasteiger partial charge is 0.224 e. The maximum Gasteiger partial charge on any atom is 0.224 e. The van der Waals surface area contributed by atoms with Crippen molar-refractivity contribution in [3.05, 3.63) is 34.9 Å². The predicted octanol–water partition coefficient (Wildman–Crippen LogP) is 1.68. The summed E-state index contributed by atoms with van der Waals surface area (Å²) in [4.78, 5) is 14.4. The molecule has 0 unspecified atom stereocenters. The van der Waals surface area contributed by atoms with Crippen LogP contribution in [-0.4, -0.2) is 50.1 Å². The summed E-state index contributed by atoms with van der Waals surface area (Å²) in [6.45, 7) is 10.4. The number of benzene rings is 1. The monoisotopic (exact) mass is 325 g/mol. The van der Waals surface area contributed by atoms with Gasteiger partial charge in [0.1, 0.15) is 0 Å². The molecule has 0 bridgehead atoms. The van der Waals surface area contributed by atoms with Gasteiger partial charge in [0, 0.05) is 32.7 Å². The number of amides is 1. The Balaban J connectivity index is 0.00000242. The maximum atomic E-state index is 12.0. The van der Waals surface area contributed by atoms with Gasteiger partial charge in [0.2, 0.25) is 5.91 Å². The maximum absolute atomic E-state index is 12.0. The highest BCUT2D eigenvalue weighted by atomic mass is 35.5. The van der Waals surface area contributed by atoms with Crippen LogP contribution in [0.25, 0.3) is 0 Å². The second kappa shape index (κ2) is 9.82. The van der Waals surface area contributed by atoms with E-state index in [1.807, 2.05) is 0 Å². The molecule has 0 aliphatic carbocycles. The molecule has 1 aromatic carbocycles. The summed E-state index contributed by atoms with van der Waals surface area (Å²) in [6.07, 6.45) is 1.51. The molecule has 2 rings (SSSR count). The molecule has 0 saturated carbocycles. The summed E-state index contributed by atoms with van der Waals surface area (Å²) >= 11 is 0. The molecule has 1 aromatic rings. The largest absolute Gasteiger partial charge is 0.356 e. The van der Waals surface area contributed by atoms with Crippen LogP contribution in [0, 0.1) is 13.8 Å². The zero-order valence-electron chi connectivity index (χ0n) is 13.7. The van der Waals surface area contributed by atoms with Crippen LogP contribution in [0.1, 0.15) is 23.1 Å². The average Bonchev–Trinajstić information content (AvgIpc) is 2.48. The Morgan fingerprint density at radius 1 is 1.27 bits per heavy atom. The Bertz CT molecular complexity index is 473. The summed E-state index contributed by atoms with van der Waals surface area (Å²) in [6, 6.07) is 6.28. The number of halogens is 1. The summed E-state index contributed by atoms with van der Waals surface area (Å²) in [5, 5.41) is 6.39. The molecule has 1 saturated heterocycles. The van der Waals surface area contributed by atoms with Crippen molar-refractivity contribution in [2.45, 2.75) is 26.7 Å². The molecule has 22 heavy (non-hydrogen) atoms. The molecule has 1 heterocycles. The SMILES string of the molecule is Cc1ccc(C)c(CC(=O)NCCCN2CCNCC2)c1.Cl. The standard InChI is InChI=1S/C17H27N3O.ClH/c1-14-4-5-15(2)16(12-14)13-17(21)19-6-3-9-20-10-7-18-8-11-20;/h4-5,12,18H,3,6-11,13H2,1-2H3,(H,19,21);1H. The third-order valence-electron chi connectivity index (χ3n) is 4.04. The minimum absolute atomic E-state index is 0. The van der Waals surface area contributed by atoms with E-state index in [0.29, 0.717) is 6.42 Å². The molecule has 0 aromatic heterocycles. The minimum Gasteiger partial charge on any atom is -0.356 e. The highest BCUT2D eigenvalue weighted by Crippen LogP contribution is 2.11. The van der Waals surface area contributed by atoms with E-state index in [0.717, 1.165) is 51.3 Å². The van der Waals surface area contributed by atoms with Crippen molar-refractivity contribution in [1.29, 1.82) is 0 Å². The van der Waals surface area contributed by atoms with Crippen LogP contribution in [0.15, 0.2) is 18.2 Å². The van der Waals surface area contributed by atoms with Gasteiger partial charge in [-0.15, -0.1) is 12.4 Å². The number of rotatable bonds is 6. The quantitative estimate of drug-likeness (QED) is 0.782. The first-order chi connectivity index (χ1) is 10.1. The van der Waals surface area contributed by atoms with Crippen molar-refractivity contribution in [1.82, 2.24) is 15.5 Å². The van der Waals surface area contributed by atoms with Gasteiger partial charge in [-0.05, 0) is 37.9 Å². The number of nitrogens with one attached hydrogen (secondary N) is 2. The molecule has 0 atom stereocenters. The van der Waals surface area contributed by atoms with Gasteiger partial charge >= 0.3 is 0 Å². The number of aryl methyl sites for hydroxylation is 2. The molecule has 1 aliphatic heterocycles. The van der Waals surface area contributed by atoms with Crippen LogP contribution >= 0.6 is 12.4 Å². The molecular formula is C17H28ClN3O. The van der Waals surface area contributed by atoms with Gasteiger partial charge in [-0.2, -0.15) is 0 Å². The van der Waals surface area contributed by atoms with Crippen LogP contribution in [0.2, 0.25) is 0 Å². The van der Waals surface area contributed by atoms with Crippen molar-refractivity contribution >= 4 is 18.3 Å². The summed E-state index contributed by atoms with van der Waals surface area (Å²) in [5.74, 6) is 0.129. The highest BCUT2D eigenvalue weighted by molar-refractivity contribution is 5.85. The zero-order valence-corrected chi connectivity index (χ0v) is 14.5. The summed E-state index contributed by atoms with van der Waals surface area (Å²) in [7, 11) is 0. The lowest BCUT2D eigenvalue weighted by molar-refractivity contribution is -0.120. The first kappa shape index (κ1) is 18.9. The van der Waals surface area contributed by atoms with Crippen molar-refractivity contribution in [2.24, 2.45) is 0 Å². The van der Waals surface area contributed by atoms with E-state index in [-0.39, 0.29) is 18.3 Å². The number of piperazine rings is 1. The minimum atomic E-state index is 0. The van der Waals surface area contributed by atoms with Gasteiger partial charge < -0.3 is 15.5 Å². The predicted molar refractivity (Wildman–Crippen MR) is 93.8 cm³/mol. The number of carbonyl (C=O) groups is 1. The van der Waals surface area contributed by atoms with E-state index in [1.165, 1.54) is 11.1 Å². The molecule has 1 fully saturated rings. The van der Waals surface area contributed by atoms with Crippen LogP contribution in [0.3, 0.4) is 0 Å². The molecule has 5 heteroatoms. The third-order valence-corrected chi connectivity index (χ3v) is 4.04. The topological polar surface area (TPSA) is 44.4 Å². The Hall–Kier alpha value is -1.10. The normalized spacial score (nSPS) is 15.2. The van der Waals surface area contributed by atoms with Crippen molar-refractivity contribution in [3.8, 4) is 0 Å². The fraction of sp³-hybridized carbons (Fsp3) is 0.588. The lowest BCUT2D eigenvalue weighted by atomic mass is 10.0. The van der Waals surface area contributed by atoms with E-state index in [4.69, 9.17) is 0 Å². The molecule has 0 radical (unpaired) electrons. The van der Waals surface area contributed by atoms with Crippen molar-refractivity contribution in [3.63, 3.8) is 0 Å². The Morgan fingerprint density at radius 2 is 2.00 bits per heavy atom. The van der Waals surface area contributed by atoms with E-state index in [9.17, 15) is 4.79 Å². The van der Waals surface area contributed by atoms with Gasteiger partial charge in [-0.25, -0.2) is 0 Å². The second-order valence-corrected chi connectivity index (χ2v) is 5.90. The zero-order chi connectivity index (χ0) is 15.1. The van der Waals surface area contributed by atoms with Gasteiger partial charge in [-0.3, -0.25) is 4.79 Å². The fourth-order valence-electron chi connectivity index (χ4n) is 2.69. The van der Waals surface area contributed by atoms with Crippen LogP contribution in [0.5, 0.6) is 0 Å². The first-order valence-electron chi connectivity index (χ1n) is 7.91. The number of carbonyl (C=O) groups excluding carboxylic acids is 1. The first-order valence-corrected chi connectivity index (χ1v) is 7.91. The van der Waals surface area contributed by atoms with Crippen molar-refractivity contribution in [2.75, 3.05) is 39.3 Å². The van der Waals surface area contributed by atoms with Gasteiger partial charge in [0.05, 0.1) is 6.42 Å². The van der Waals surface area contributed by atoms with Gasteiger partial charge in [0.15, 0.2) is 0 Å². The number of hydrogen-bond donors (Lipinski definition) is 2. The lowest BCUT2D eigenvalue weighted by Crippen LogP contribution is -2.44. The van der Waals surface area contributed by atoms with E-state index >= 15 is 0 Å². The third kappa shape index (κ3) is 6.34. The summed E-state index contributed by atoms with van der Waals surface area (Å²) < 4.78 is 0. The van der Waals surface area contributed by atoms with Gasteiger partial charge in [0.25, 0.3) is 0 Å². The Morgan fingerprint density at radius 3 is 2.73 bits per heavy atom. The Kier molecular flexibility index (Phi) is 8.46. The van der Waals surface area contributed by atoms with E-state index in [2.05, 4.69) is 47.6 Å². The molecule has 0 spiro atoms. The van der Waals surface area contributed by atoms with Crippen molar-refractivity contribution < 1.29 is 4.79 Å². The van der Waals surface area contributed by atoms with Gasteiger partial charge in [-0.1, -0.05) is 23.8 Å². The molecule has 4 nitrogen and oxygen atoms in total. The molecule has 1 amide bonds. The second-order valence-electron chi connectivity index (χ2n) is 5.90. The highest BCUT2D eigenvalue weighted by Gasteiger charge is 2.09. The molecule has 1 aliphatic rings. The Labute approximate surface area is 140 Å². The van der Waals surface area contributed by atoms with E-state index < -0.39 is 0 Å².